The molecule has 0 radical (unpaired) electrons. The molecule has 0 saturated carbocycles. The van der Waals surface area contributed by atoms with Crippen molar-refractivity contribution in [2.24, 2.45) is 0 Å². The average molecular weight is 438 g/mol. The van der Waals surface area contributed by atoms with E-state index in [2.05, 4.69) is 27.6 Å². The number of aromatic nitrogens is 1. The fourth-order valence-electron chi connectivity index (χ4n) is 2.20. The molecule has 0 bridgehead atoms. The summed E-state index contributed by atoms with van der Waals surface area (Å²) in [5, 5.41) is 0. The number of pyridine rings is 1. The molecule has 0 aliphatic rings. The second-order valence-electron chi connectivity index (χ2n) is 5.15. The number of amides is 1. The lowest BCUT2D eigenvalue weighted by molar-refractivity contribution is -0.143. The van der Waals surface area contributed by atoms with E-state index in [1.807, 2.05) is 24.3 Å². The first-order valence-electron chi connectivity index (χ1n) is 7.69. The zero-order valence-corrected chi connectivity index (χ0v) is 15.6. The summed E-state index contributed by atoms with van der Waals surface area (Å²) in [5.41, 5.74) is 1.52. The Morgan fingerprint density at radius 3 is 2.58 bits per heavy atom. The molecule has 0 spiro atoms. The summed E-state index contributed by atoms with van der Waals surface area (Å²) in [6.45, 7) is 2.81. The summed E-state index contributed by atoms with van der Waals surface area (Å²) in [5.74, 6) is -0.413. The number of hydrogen-bond acceptors (Lipinski definition) is 4. The van der Waals surface area contributed by atoms with Crippen LogP contribution in [0.25, 0.3) is 0 Å². The van der Waals surface area contributed by atoms with Crippen LogP contribution in [0.5, 0.6) is 0 Å². The number of halogens is 1. The van der Waals surface area contributed by atoms with Crippen LogP contribution < -0.4 is 0 Å². The summed E-state index contributed by atoms with van der Waals surface area (Å²) in [4.78, 5) is 30.1. The van der Waals surface area contributed by atoms with Crippen LogP contribution in [-0.2, 0) is 16.1 Å². The van der Waals surface area contributed by atoms with Gasteiger partial charge in [0.1, 0.15) is 0 Å². The highest BCUT2D eigenvalue weighted by molar-refractivity contribution is 14.1. The van der Waals surface area contributed by atoms with E-state index in [4.69, 9.17) is 4.74 Å². The van der Waals surface area contributed by atoms with E-state index in [0.29, 0.717) is 25.3 Å². The van der Waals surface area contributed by atoms with Crippen molar-refractivity contribution in [3.05, 3.63) is 63.5 Å². The largest absolute Gasteiger partial charge is 0.466 e. The second kappa shape index (κ2) is 9.36. The average Bonchev–Trinajstić information content (AvgIpc) is 2.60. The molecular weight excluding hydrogens is 419 g/mol. The molecule has 0 aliphatic heterocycles. The highest BCUT2D eigenvalue weighted by Gasteiger charge is 2.18. The molecule has 1 aromatic heterocycles. The number of benzene rings is 1. The third kappa shape index (κ3) is 5.59. The Kier molecular flexibility index (Phi) is 7.17. The Morgan fingerprint density at radius 1 is 1.21 bits per heavy atom. The molecule has 5 nitrogen and oxygen atoms in total. The molecule has 24 heavy (non-hydrogen) atoms. The maximum atomic E-state index is 12.8. The quantitative estimate of drug-likeness (QED) is 0.492. The minimum Gasteiger partial charge on any atom is -0.466 e. The van der Waals surface area contributed by atoms with Crippen LogP contribution in [0.4, 0.5) is 0 Å². The van der Waals surface area contributed by atoms with Gasteiger partial charge in [-0.1, -0.05) is 6.07 Å². The normalized spacial score (nSPS) is 10.2. The molecule has 0 fully saturated rings. The standard InChI is InChI=1S/C18H19IN2O3/c1-2-24-17(22)9-11-21(13-14-4-3-10-20-12-14)18(23)15-5-7-16(19)8-6-15/h3-8,10,12H,2,9,11,13H2,1H3. The molecule has 1 heterocycles. The predicted octanol–water partition coefficient (Wildman–Crippen LogP) is 3.28. The third-order valence-electron chi connectivity index (χ3n) is 3.37. The van der Waals surface area contributed by atoms with E-state index in [1.165, 1.54) is 0 Å². The molecule has 1 aromatic carbocycles. The number of rotatable bonds is 7. The van der Waals surface area contributed by atoms with Crippen molar-refractivity contribution < 1.29 is 14.3 Å². The van der Waals surface area contributed by atoms with Crippen LogP contribution in [-0.4, -0.2) is 34.9 Å². The predicted molar refractivity (Wildman–Crippen MR) is 99.4 cm³/mol. The van der Waals surface area contributed by atoms with Gasteiger partial charge in [-0.3, -0.25) is 14.6 Å². The van der Waals surface area contributed by atoms with E-state index in [0.717, 1.165) is 9.13 Å². The number of hydrogen-bond donors (Lipinski definition) is 0. The van der Waals surface area contributed by atoms with Crippen molar-refractivity contribution >= 4 is 34.5 Å². The molecule has 2 rings (SSSR count). The molecule has 0 unspecified atom stereocenters. The van der Waals surface area contributed by atoms with E-state index < -0.39 is 0 Å². The zero-order valence-electron chi connectivity index (χ0n) is 13.4. The van der Waals surface area contributed by atoms with Crippen molar-refractivity contribution in [3.8, 4) is 0 Å². The SMILES string of the molecule is CCOC(=O)CCN(Cc1cccnc1)C(=O)c1ccc(I)cc1. The van der Waals surface area contributed by atoms with Crippen molar-refractivity contribution in [2.75, 3.05) is 13.2 Å². The Balaban J connectivity index is 2.13. The summed E-state index contributed by atoms with van der Waals surface area (Å²) < 4.78 is 6.02. The van der Waals surface area contributed by atoms with Crippen LogP contribution >= 0.6 is 22.6 Å². The van der Waals surface area contributed by atoms with Gasteiger partial charge in [-0.25, -0.2) is 0 Å². The molecule has 0 N–H and O–H groups in total. The van der Waals surface area contributed by atoms with Gasteiger partial charge in [-0.2, -0.15) is 0 Å². The highest BCUT2D eigenvalue weighted by atomic mass is 127. The molecule has 6 heteroatoms. The molecule has 0 aliphatic carbocycles. The molecule has 1 amide bonds. The van der Waals surface area contributed by atoms with Crippen molar-refractivity contribution in [3.63, 3.8) is 0 Å². The summed E-state index contributed by atoms with van der Waals surface area (Å²) in [7, 11) is 0. The van der Waals surface area contributed by atoms with E-state index in [9.17, 15) is 9.59 Å². The van der Waals surface area contributed by atoms with E-state index in [-0.39, 0.29) is 18.3 Å². The van der Waals surface area contributed by atoms with Crippen LogP contribution in [0.15, 0.2) is 48.8 Å². The first-order valence-corrected chi connectivity index (χ1v) is 8.77. The Morgan fingerprint density at radius 2 is 1.96 bits per heavy atom. The minimum absolute atomic E-state index is 0.112. The van der Waals surface area contributed by atoms with Gasteiger partial charge in [-0.15, -0.1) is 0 Å². The van der Waals surface area contributed by atoms with Crippen LogP contribution in [0.2, 0.25) is 0 Å². The number of carbonyl (C=O) groups is 2. The molecule has 0 saturated heterocycles. The number of esters is 1. The van der Waals surface area contributed by atoms with Crippen molar-refractivity contribution in [1.29, 1.82) is 0 Å². The first kappa shape index (κ1) is 18.4. The smallest absolute Gasteiger partial charge is 0.307 e. The molecular formula is C18H19IN2O3. The van der Waals surface area contributed by atoms with Gasteiger partial charge in [0.2, 0.25) is 0 Å². The highest BCUT2D eigenvalue weighted by Crippen LogP contribution is 2.13. The van der Waals surface area contributed by atoms with E-state index >= 15 is 0 Å². The number of carbonyl (C=O) groups excluding carboxylic acids is 2. The molecule has 126 valence electrons. The monoisotopic (exact) mass is 438 g/mol. The fraction of sp³-hybridized carbons (Fsp3) is 0.278. The Labute approximate surface area is 155 Å². The van der Waals surface area contributed by atoms with Gasteiger partial charge in [0.15, 0.2) is 0 Å². The maximum Gasteiger partial charge on any atom is 0.307 e. The van der Waals surface area contributed by atoms with Crippen LogP contribution in [0.3, 0.4) is 0 Å². The fourth-order valence-corrected chi connectivity index (χ4v) is 2.56. The van der Waals surface area contributed by atoms with Gasteiger partial charge in [0.25, 0.3) is 5.91 Å². The van der Waals surface area contributed by atoms with E-state index in [1.54, 1.807) is 36.4 Å². The van der Waals surface area contributed by atoms with Gasteiger partial charge < -0.3 is 9.64 Å². The molecule has 0 atom stereocenters. The Bertz CT molecular complexity index is 674. The maximum absolute atomic E-state index is 12.8. The van der Waals surface area contributed by atoms with Crippen LogP contribution in [0.1, 0.15) is 29.3 Å². The molecule has 2 aromatic rings. The Hall–Kier alpha value is -1.96. The first-order chi connectivity index (χ1) is 11.6. The third-order valence-corrected chi connectivity index (χ3v) is 4.08. The van der Waals surface area contributed by atoms with Gasteiger partial charge >= 0.3 is 5.97 Å². The minimum atomic E-state index is -0.302. The second-order valence-corrected chi connectivity index (χ2v) is 6.40. The topological polar surface area (TPSA) is 59.5 Å². The van der Waals surface area contributed by atoms with Crippen molar-refractivity contribution in [2.45, 2.75) is 19.9 Å². The summed E-state index contributed by atoms with van der Waals surface area (Å²) in [6.07, 6.45) is 3.58. The van der Waals surface area contributed by atoms with Gasteiger partial charge in [-0.05, 0) is 65.4 Å². The lowest BCUT2D eigenvalue weighted by Crippen LogP contribution is -2.33. The van der Waals surface area contributed by atoms with Crippen LogP contribution in [0, 0.1) is 3.57 Å². The lowest BCUT2D eigenvalue weighted by atomic mass is 10.1. The van der Waals surface area contributed by atoms with Crippen molar-refractivity contribution in [1.82, 2.24) is 9.88 Å². The summed E-state index contributed by atoms with van der Waals surface area (Å²) >= 11 is 2.20. The number of nitrogens with zero attached hydrogens (tertiary/aromatic N) is 2. The lowest BCUT2D eigenvalue weighted by Gasteiger charge is -2.22. The summed E-state index contributed by atoms with van der Waals surface area (Å²) in [6, 6.07) is 11.1. The zero-order chi connectivity index (χ0) is 17.4. The van der Waals surface area contributed by atoms with Gasteiger partial charge in [0.05, 0.1) is 13.0 Å². The number of ether oxygens (including phenoxy) is 1. The van der Waals surface area contributed by atoms with Gasteiger partial charge in [0, 0.05) is 34.6 Å².